The van der Waals surface area contributed by atoms with E-state index in [1.54, 1.807) is 19.1 Å². The van der Waals surface area contributed by atoms with Crippen molar-refractivity contribution in [3.05, 3.63) is 151 Å². The number of fused-ring (bicyclic) bond motifs is 1. The second kappa shape index (κ2) is 27.6. The molecule has 2 rings (SSSR count). The van der Waals surface area contributed by atoms with Crippen LogP contribution in [0, 0.1) is 0 Å². The van der Waals surface area contributed by atoms with Crippen LogP contribution in [0.5, 0.6) is 0 Å². The third-order valence-electron chi connectivity index (χ3n) is 11.2. The van der Waals surface area contributed by atoms with E-state index < -0.39 is 0 Å². The third kappa shape index (κ3) is 20.8. The maximum absolute atomic E-state index is 13.0. The maximum Gasteiger partial charge on any atom is 0.190 e. The number of carbonyl (C=O) groups is 2. The van der Waals surface area contributed by atoms with Crippen molar-refractivity contribution in [2.24, 2.45) is 0 Å². The van der Waals surface area contributed by atoms with Crippen molar-refractivity contribution in [3.63, 3.8) is 0 Å². The normalized spacial score (nSPS) is 15.5. The summed E-state index contributed by atoms with van der Waals surface area (Å²) in [5, 5.41) is 0. The first kappa shape index (κ1) is 49.1. The van der Waals surface area contributed by atoms with Gasteiger partial charge in [0.05, 0.1) is 0 Å². The van der Waals surface area contributed by atoms with E-state index in [1.165, 1.54) is 63.0 Å². The van der Waals surface area contributed by atoms with Crippen LogP contribution in [0.4, 0.5) is 0 Å². The number of Topliss-reactive ketones (excluding diaryl/α,β-unsaturated/α-hetero) is 2. The summed E-state index contributed by atoms with van der Waals surface area (Å²) >= 11 is 0. The molecule has 0 N–H and O–H groups in total. The molecule has 0 radical (unpaired) electrons. The molecule has 310 valence electrons. The summed E-state index contributed by atoms with van der Waals surface area (Å²) in [6, 6.07) is 7.16. The van der Waals surface area contributed by atoms with Gasteiger partial charge in [-0.05, 0) is 179 Å². The Labute approximate surface area is 350 Å². The summed E-state index contributed by atoms with van der Waals surface area (Å²) in [6.45, 7) is 24.2. The molecule has 0 aromatic heterocycles. The fourth-order valence-corrected chi connectivity index (χ4v) is 7.07. The van der Waals surface area contributed by atoms with Crippen LogP contribution in [0.3, 0.4) is 0 Å². The molecule has 1 aromatic rings. The highest BCUT2D eigenvalue weighted by Gasteiger charge is 2.28. The number of hydrogen-bond donors (Lipinski definition) is 0. The lowest BCUT2D eigenvalue weighted by Gasteiger charge is -2.18. The van der Waals surface area contributed by atoms with E-state index in [2.05, 4.69) is 124 Å². The predicted octanol–water partition coefficient (Wildman–Crippen LogP) is 17.2. The van der Waals surface area contributed by atoms with Gasteiger partial charge >= 0.3 is 0 Å². The quantitative estimate of drug-likeness (QED) is 0.0928. The fraction of sp³-hybridized carbons (Fsp3) is 0.491. The summed E-state index contributed by atoms with van der Waals surface area (Å²) in [6.07, 6.45) is 38.5. The lowest BCUT2D eigenvalue weighted by molar-refractivity contribution is 0.0973. The molecule has 57 heavy (non-hydrogen) atoms. The van der Waals surface area contributed by atoms with Crippen molar-refractivity contribution in [3.8, 4) is 0 Å². The van der Waals surface area contributed by atoms with Crippen molar-refractivity contribution < 1.29 is 9.59 Å². The maximum atomic E-state index is 13.0. The molecular formula is C55H78O2. The number of carbonyl (C=O) groups excluding carboxylic acids is 2. The van der Waals surface area contributed by atoms with Crippen LogP contribution in [-0.4, -0.2) is 11.6 Å². The summed E-state index contributed by atoms with van der Waals surface area (Å²) in [7, 11) is 0. The molecule has 0 saturated carbocycles. The highest BCUT2D eigenvalue weighted by Crippen LogP contribution is 2.29. The first-order valence-corrected chi connectivity index (χ1v) is 21.9. The molecule has 0 fully saturated rings. The molecule has 0 unspecified atom stereocenters. The van der Waals surface area contributed by atoms with Gasteiger partial charge < -0.3 is 0 Å². The Morgan fingerprint density at radius 1 is 0.404 bits per heavy atom. The lowest BCUT2D eigenvalue weighted by Crippen LogP contribution is -2.20. The van der Waals surface area contributed by atoms with Crippen molar-refractivity contribution in [1.82, 2.24) is 0 Å². The number of allylic oxidation sites excluding steroid dienone is 20. The van der Waals surface area contributed by atoms with Crippen LogP contribution in [0.1, 0.15) is 200 Å². The van der Waals surface area contributed by atoms with Gasteiger partial charge in [-0.15, -0.1) is 0 Å². The van der Waals surface area contributed by atoms with Crippen LogP contribution < -0.4 is 0 Å². The highest BCUT2D eigenvalue weighted by molar-refractivity contribution is 6.26. The Kier molecular flexibility index (Phi) is 23.8. The van der Waals surface area contributed by atoms with E-state index in [9.17, 15) is 9.59 Å². The second-order valence-corrected chi connectivity index (χ2v) is 17.2. The second-order valence-electron chi connectivity index (χ2n) is 17.2. The molecule has 1 aliphatic carbocycles. The van der Waals surface area contributed by atoms with Gasteiger partial charge in [-0.3, -0.25) is 9.59 Å². The highest BCUT2D eigenvalue weighted by atomic mass is 16.1. The van der Waals surface area contributed by atoms with Gasteiger partial charge in [-0.2, -0.15) is 0 Å². The molecule has 0 bridgehead atoms. The van der Waals surface area contributed by atoms with Gasteiger partial charge in [0.1, 0.15) is 0 Å². The summed E-state index contributed by atoms with van der Waals surface area (Å²) in [4.78, 5) is 25.8. The minimum absolute atomic E-state index is 0.00910. The van der Waals surface area contributed by atoms with E-state index in [0.717, 1.165) is 83.5 Å². The van der Waals surface area contributed by atoms with Gasteiger partial charge in [0, 0.05) is 22.3 Å². The molecule has 0 atom stereocenters. The molecule has 0 spiro atoms. The molecule has 1 aliphatic rings. The Balaban J connectivity index is 1.62. The van der Waals surface area contributed by atoms with E-state index in [4.69, 9.17) is 0 Å². The largest absolute Gasteiger partial charge is 0.289 e. The standard InChI is InChI=1S/C55H78O2/c1-41(2)21-14-22-42(3)23-15-24-44(5)29-18-32-47(8)37-38-48(9)33-19-30-45(6)27-16-25-43(4)26-17-28-46(7)31-20-34-49(10)39-40-51-50(11)54(56)52-35-12-13-36-53(52)55(51)57/h12-13,21,23,26-27,29,31,33,35-37,39H,14-20,22,24-25,28,30,32,34,38,40H2,1-11H3/b42-23+,43-26+,44-29+,45-27+,46-31+,47-37+,48-33+,49-39+. The van der Waals surface area contributed by atoms with Crippen LogP contribution in [0.15, 0.2) is 140 Å². The summed E-state index contributed by atoms with van der Waals surface area (Å²) in [5.41, 5.74) is 15.4. The van der Waals surface area contributed by atoms with Crippen LogP contribution in [-0.2, 0) is 0 Å². The zero-order valence-electron chi connectivity index (χ0n) is 38.1. The number of ketones is 2. The van der Waals surface area contributed by atoms with E-state index in [1.807, 2.05) is 12.1 Å². The van der Waals surface area contributed by atoms with Gasteiger partial charge in [-0.1, -0.05) is 129 Å². The SMILES string of the molecule is CC(C)=CCC/C(C)=C/CC/C(C)=C/CC/C(C)=C/C/C(C)=C/CC/C(C)=C/CC/C(C)=C/CC/C(C)=C/CC/C(C)=C/CC1=C(C)C(=O)c2ccccc2C1=O. The fourth-order valence-electron chi connectivity index (χ4n) is 7.07. The number of hydrogen-bond acceptors (Lipinski definition) is 2. The van der Waals surface area contributed by atoms with Crippen molar-refractivity contribution in [2.45, 2.75) is 179 Å². The van der Waals surface area contributed by atoms with Gasteiger partial charge in [0.25, 0.3) is 0 Å². The molecule has 0 aliphatic heterocycles. The lowest BCUT2D eigenvalue weighted by atomic mass is 9.83. The van der Waals surface area contributed by atoms with Crippen LogP contribution in [0.2, 0.25) is 0 Å². The topological polar surface area (TPSA) is 34.1 Å². The Hall–Kier alpha value is -4.04. The van der Waals surface area contributed by atoms with Crippen molar-refractivity contribution in [1.29, 1.82) is 0 Å². The van der Waals surface area contributed by atoms with Gasteiger partial charge in [-0.25, -0.2) is 0 Å². The van der Waals surface area contributed by atoms with Crippen LogP contribution >= 0.6 is 0 Å². The van der Waals surface area contributed by atoms with Crippen molar-refractivity contribution >= 4 is 11.6 Å². The summed E-state index contributed by atoms with van der Waals surface area (Å²) < 4.78 is 0. The predicted molar refractivity (Wildman–Crippen MR) is 251 cm³/mol. The first-order valence-electron chi connectivity index (χ1n) is 21.9. The number of rotatable bonds is 25. The first-order chi connectivity index (χ1) is 27.2. The average molecular weight is 771 g/mol. The Morgan fingerprint density at radius 3 is 1.11 bits per heavy atom. The zero-order valence-corrected chi connectivity index (χ0v) is 38.1. The zero-order chi connectivity index (χ0) is 42.2. The third-order valence-corrected chi connectivity index (χ3v) is 11.2. The minimum atomic E-state index is -0.0235. The van der Waals surface area contributed by atoms with Gasteiger partial charge in [0.2, 0.25) is 0 Å². The molecule has 2 heteroatoms. The van der Waals surface area contributed by atoms with Crippen molar-refractivity contribution in [2.75, 3.05) is 0 Å². The average Bonchev–Trinajstić information content (AvgIpc) is 3.16. The van der Waals surface area contributed by atoms with Crippen LogP contribution in [0.25, 0.3) is 0 Å². The van der Waals surface area contributed by atoms with E-state index in [-0.39, 0.29) is 11.6 Å². The molecule has 0 amide bonds. The molecular weight excluding hydrogens is 693 g/mol. The molecule has 2 nitrogen and oxygen atoms in total. The smallest absolute Gasteiger partial charge is 0.190 e. The minimum Gasteiger partial charge on any atom is -0.289 e. The molecule has 1 aromatic carbocycles. The monoisotopic (exact) mass is 771 g/mol. The van der Waals surface area contributed by atoms with E-state index in [0.29, 0.717) is 28.7 Å². The summed E-state index contributed by atoms with van der Waals surface area (Å²) in [5.74, 6) is -0.0326. The number of benzene rings is 1. The Bertz CT molecular complexity index is 1790. The molecule has 0 saturated heterocycles. The Morgan fingerprint density at radius 2 is 0.719 bits per heavy atom. The van der Waals surface area contributed by atoms with E-state index >= 15 is 0 Å². The molecule has 0 heterocycles. The van der Waals surface area contributed by atoms with Gasteiger partial charge in [0.15, 0.2) is 11.6 Å².